The second-order valence-electron chi connectivity index (χ2n) is 6.56. The lowest BCUT2D eigenvalue weighted by molar-refractivity contribution is 0.141. The van der Waals surface area contributed by atoms with E-state index in [1.807, 2.05) is 12.4 Å². The number of nitrogens with zero attached hydrogens (tertiary/aromatic N) is 2. The monoisotopic (exact) mass is 273 g/mol. The van der Waals surface area contributed by atoms with Gasteiger partial charge in [0.05, 0.1) is 0 Å². The minimum atomic E-state index is 0.710. The Balaban J connectivity index is 1.57. The summed E-state index contributed by atoms with van der Waals surface area (Å²) in [5.74, 6) is 0.905. The highest BCUT2D eigenvalue weighted by Crippen LogP contribution is 2.27. The van der Waals surface area contributed by atoms with E-state index in [0.717, 1.165) is 25.6 Å². The van der Waals surface area contributed by atoms with Gasteiger partial charge in [-0.1, -0.05) is 25.3 Å². The fraction of sp³-hybridized carbons (Fsp3) is 0.706. The first-order valence-electron chi connectivity index (χ1n) is 8.17. The van der Waals surface area contributed by atoms with Crippen molar-refractivity contribution >= 4 is 0 Å². The van der Waals surface area contributed by atoms with Crippen molar-refractivity contribution in [1.29, 1.82) is 0 Å². The number of aromatic nitrogens is 1. The van der Waals surface area contributed by atoms with Crippen LogP contribution in [0.25, 0.3) is 0 Å². The van der Waals surface area contributed by atoms with Crippen LogP contribution < -0.4 is 5.32 Å². The molecule has 3 nitrogen and oxygen atoms in total. The number of pyridine rings is 1. The van der Waals surface area contributed by atoms with E-state index in [-0.39, 0.29) is 0 Å². The molecule has 2 aliphatic rings. The van der Waals surface area contributed by atoms with E-state index >= 15 is 0 Å². The number of hydrogen-bond acceptors (Lipinski definition) is 3. The van der Waals surface area contributed by atoms with Gasteiger partial charge in [0.2, 0.25) is 0 Å². The molecule has 0 amide bonds. The molecule has 20 heavy (non-hydrogen) atoms. The third-order valence-electron chi connectivity index (χ3n) is 4.85. The lowest BCUT2D eigenvalue weighted by atomic mass is 9.83. The molecule has 0 radical (unpaired) electrons. The topological polar surface area (TPSA) is 28.2 Å². The second kappa shape index (κ2) is 6.68. The van der Waals surface area contributed by atoms with Gasteiger partial charge in [0, 0.05) is 44.6 Å². The Kier molecular flexibility index (Phi) is 4.69. The van der Waals surface area contributed by atoms with Crippen LogP contribution in [-0.2, 0) is 6.54 Å². The highest BCUT2D eigenvalue weighted by Gasteiger charge is 2.27. The Hall–Kier alpha value is -0.930. The number of aryl methyl sites for hydroxylation is 1. The van der Waals surface area contributed by atoms with Crippen LogP contribution >= 0.6 is 0 Å². The van der Waals surface area contributed by atoms with Crippen LogP contribution in [0, 0.1) is 12.8 Å². The van der Waals surface area contributed by atoms with Gasteiger partial charge in [-0.05, 0) is 36.8 Å². The average Bonchev–Trinajstić information content (AvgIpc) is 2.48. The molecule has 1 N–H and O–H groups in total. The van der Waals surface area contributed by atoms with Gasteiger partial charge < -0.3 is 5.32 Å². The summed E-state index contributed by atoms with van der Waals surface area (Å²) in [4.78, 5) is 6.92. The summed E-state index contributed by atoms with van der Waals surface area (Å²) in [6.45, 7) is 6.69. The Morgan fingerprint density at radius 1 is 1.25 bits per heavy atom. The molecule has 3 rings (SSSR count). The third-order valence-corrected chi connectivity index (χ3v) is 4.85. The van der Waals surface area contributed by atoms with Crippen LogP contribution in [-0.4, -0.2) is 35.6 Å². The fourth-order valence-electron chi connectivity index (χ4n) is 3.80. The van der Waals surface area contributed by atoms with Crippen molar-refractivity contribution in [2.75, 3.05) is 19.6 Å². The zero-order valence-electron chi connectivity index (χ0n) is 12.6. The van der Waals surface area contributed by atoms with Gasteiger partial charge >= 0.3 is 0 Å². The first-order valence-corrected chi connectivity index (χ1v) is 8.17. The molecule has 1 aliphatic heterocycles. The smallest absolute Gasteiger partial charge is 0.0313 e. The van der Waals surface area contributed by atoms with Crippen LogP contribution in [0.3, 0.4) is 0 Å². The predicted molar refractivity (Wildman–Crippen MR) is 82.6 cm³/mol. The van der Waals surface area contributed by atoms with Gasteiger partial charge in [0.15, 0.2) is 0 Å². The van der Waals surface area contributed by atoms with Crippen LogP contribution in [0.5, 0.6) is 0 Å². The molecular formula is C17H27N3. The van der Waals surface area contributed by atoms with Gasteiger partial charge in [-0.2, -0.15) is 0 Å². The normalized spacial score (nSPS) is 25.8. The van der Waals surface area contributed by atoms with Crippen molar-refractivity contribution in [2.24, 2.45) is 5.92 Å². The highest BCUT2D eigenvalue weighted by atomic mass is 15.2. The van der Waals surface area contributed by atoms with Crippen molar-refractivity contribution in [3.8, 4) is 0 Å². The van der Waals surface area contributed by atoms with E-state index < -0.39 is 0 Å². The second-order valence-corrected chi connectivity index (χ2v) is 6.56. The van der Waals surface area contributed by atoms with Crippen LogP contribution in [0.4, 0.5) is 0 Å². The quantitative estimate of drug-likeness (QED) is 0.918. The molecule has 1 saturated carbocycles. The lowest BCUT2D eigenvalue weighted by Crippen LogP contribution is -2.53. The predicted octanol–water partition coefficient (Wildman–Crippen LogP) is 2.74. The highest BCUT2D eigenvalue weighted by molar-refractivity contribution is 5.16. The van der Waals surface area contributed by atoms with E-state index in [0.29, 0.717) is 6.04 Å². The Morgan fingerprint density at radius 2 is 2.10 bits per heavy atom. The summed E-state index contributed by atoms with van der Waals surface area (Å²) in [6, 6.07) is 2.98. The number of hydrogen-bond donors (Lipinski definition) is 1. The number of rotatable bonds is 3. The molecule has 1 aromatic heterocycles. The molecule has 2 heterocycles. The van der Waals surface area contributed by atoms with Gasteiger partial charge in [-0.15, -0.1) is 0 Å². The Morgan fingerprint density at radius 3 is 2.90 bits per heavy atom. The SMILES string of the molecule is Cc1cncc(CN2CCNC(C3CCCCC3)C2)c1. The van der Waals surface area contributed by atoms with Crippen molar-refractivity contribution in [3.05, 3.63) is 29.6 Å². The zero-order chi connectivity index (χ0) is 13.8. The van der Waals surface area contributed by atoms with E-state index in [1.54, 1.807) is 0 Å². The van der Waals surface area contributed by atoms with Crippen molar-refractivity contribution in [2.45, 2.75) is 51.6 Å². The Bertz CT molecular complexity index is 426. The van der Waals surface area contributed by atoms with Crippen molar-refractivity contribution in [1.82, 2.24) is 15.2 Å². The van der Waals surface area contributed by atoms with Gasteiger partial charge in [0.1, 0.15) is 0 Å². The van der Waals surface area contributed by atoms with Gasteiger partial charge in [0.25, 0.3) is 0 Å². The number of nitrogens with one attached hydrogen (secondary N) is 1. The summed E-state index contributed by atoms with van der Waals surface area (Å²) in [7, 11) is 0. The fourth-order valence-corrected chi connectivity index (χ4v) is 3.80. The molecule has 3 heteroatoms. The maximum atomic E-state index is 4.32. The van der Waals surface area contributed by atoms with Crippen LogP contribution in [0.15, 0.2) is 18.5 Å². The summed E-state index contributed by atoms with van der Waals surface area (Å²) >= 11 is 0. The molecule has 0 bridgehead atoms. The first kappa shape index (κ1) is 14.0. The third kappa shape index (κ3) is 3.58. The molecule has 1 saturated heterocycles. The minimum absolute atomic E-state index is 0.710. The largest absolute Gasteiger partial charge is 0.311 e. The summed E-state index contributed by atoms with van der Waals surface area (Å²) < 4.78 is 0. The number of piperazine rings is 1. The molecule has 2 fully saturated rings. The van der Waals surface area contributed by atoms with Gasteiger partial charge in [-0.25, -0.2) is 0 Å². The summed E-state index contributed by atoms with van der Waals surface area (Å²) in [5, 5.41) is 3.76. The van der Waals surface area contributed by atoms with Crippen LogP contribution in [0.2, 0.25) is 0 Å². The molecular weight excluding hydrogens is 246 g/mol. The van der Waals surface area contributed by atoms with E-state index in [1.165, 1.54) is 49.8 Å². The van der Waals surface area contributed by atoms with Crippen LogP contribution in [0.1, 0.15) is 43.2 Å². The molecule has 0 aromatic carbocycles. The molecule has 0 spiro atoms. The lowest BCUT2D eigenvalue weighted by Gasteiger charge is -2.39. The standard InChI is InChI=1S/C17H27N3/c1-14-9-15(11-18-10-14)12-20-8-7-19-17(13-20)16-5-3-2-4-6-16/h9-11,16-17,19H,2-8,12-13H2,1H3. The maximum Gasteiger partial charge on any atom is 0.0313 e. The van der Waals surface area contributed by atoms with E-state index in [4.69, 9.17) is 0 Å². The minimum Gasteiger partial charge on any atom is -0.311 e. The summed E-state index contributed by atoms with van der Waals surface area (Å²) in [5.41, 5.74) is 2.62. The molecule has 110 valence electrons. The molecule has 1 atom stereocenters. The first-order chi connectivity index (χ1) is 9.81. The molecule has 1 aliphatic carbocycles. The average molecular weight is 273 g/mol. The Labute approximate surface area is 122 Å². The molecule has 1 unspecified atom stereocenters. The molecule has 1 aromatic rings. The van der Waals surface area contributed by atoms with E-state index in [2.05, 4.69) is 28.2 Å². The summed E-state index contributed by atoms with van der Waals surface area (Å²) in [6.07, 6.45) is 11.1. The maximum absolute atomic E-state index is 4.32. The van der Waals surface area contributed by atoms with Crippen molar-refractivity contribution < 1.29 is 0 Å². The van der Waals surface area contributed by atoms with E-state index in [9.17, 15) is 0 Å². The zero-order valence-corrected chi connectivity index (χ0v) is 12.6. The van der Waals surface area contributed by atoms with Gasteiger partial charge in [-0.3, -0.25) is 9.88 Å². The van der Waals surface area contributed by atoms with Crippen molar-refractivity contribution in [3.63, 3.8) is 0 Å².